The molecule has 1 aromatic rings. The molecule has 0 fully saturated rings. The molecule has 0 bridgehead atoms. The van der Waals surface area contributed by atoms with E-state index in [-0.39, 0.29) is 18.6 Å². The van der Waals surface area contributed by atoms with E-state index in [0.29, 0.717) is 18.1 Å². The summed E-state index contributed by atoms with van der Waals surface area (Å²) in [7, 11) is 1.60. The molecule has 1 atom stereocenters. The number of nitrogens with one attached hydrogen (secondary N) is 1. The van der Waals surface area contributed by atoms with Gasteiger partial charge in [-0.3, -0.25) is 0 Å². The van der Waals surface area contributed by atoms with Gasteiger partial charge in [0, 0.05) is 17.7 Å². The lowest BCUT2D eigenvalue weighted by Crippen LogP contribution is -2.21. The van der Waals surface area contributed by atoms with Gasteiger partial charge in [0.05, 0.1) is 13.7 Å². The van der Waals surface area contributed by atoms with Crippen LogP contribution < -0.4 is 14.8 Å². The second-order valence-corrected chi connectivity index (χ2v) is 4.67. The van der Waals surface area contributed by atoms with E-state index in [1.165, 1.54) is 0 Å². The maximum atomic E-state index is 11.4. The first kappa shape index (κ1) is 17.3. The maximum Gasteiger partial charge on any atom is 0.344 e. The monoisotopic (exact) mass is 295 g/mol. The molecule has 21 heavy (non-hydrogen) atoms. The van der Waals surface area contributed by atoms with Crippen LogP contribution in [0.4, 0.5) is 0 Å². The highest BCUT2D eigenvalue weighted by Crippen LogP contribution is 2.29. The third-order valence-electron chi connectivity index (χ3n) is 3.04. The number of benzene rings is 1. The molecule has 1 rings (SSSR count). The summed E-state index contributed by atoms with van der Waals surface area (Å²) in [6.45, 7) is 7.12. The first-order valence-corrected chi connectivity index (χ1v) is 7.32. The van der Waals surface area contributed by atoms with Crippen molar-refractivity contribution in [2.24, 2.45) is 0 Å². The summed E-state index contributed by atoms with van der Waals surface area (Å²) < 4.78 is 15.7. The van der Waals surface area contributed by atoms with Crippen LogP contribution in [0.25, 0.3) is 0 Å². The Hall–Kier alpha value is -1.75. The fourth-order valence-corrected chi connectivity index (χ4v) is 1.93. The van der Waals surface area contributed by atoms with Gasteiger partial charge in [-0.2, -0.15) is 0 Å². The van der Waals surface area contributed by atoms with E-state index >= 15 is 0 Å². The van der Waals surface area contributed by atoms with Crippen molar-refractivity contribution in [2.75, 3.05) is 26.9 Å². The average molecular weight is 295 g/mol. The van der Waals surface area contributed by atoms with E-state index in [9.17, 15) is 4.79 Å². The topological polar surface area (TPSA) is 56.8 Å². The molecule has 5 heteroatoms. The predicted octanol–water partition coefficient (Wildman–Crippen LogP) is 2.70. The first-order chi connectivity index (χ1) is 10.1. The van der Waals surface area contributed by atoms with Crippen molar-refractivity contribution in [1.29, 1.82) is 0 Å². The van der Waals surface area contributed by atoms with E-state index in [1.807, 2.05) is 12.1 Å². The second kappa shape index (κ2) is 9.23. The minimum Gasteiger partial charge on any atom is -0.497 e. The standard InChI is InChI=1S/C16H25NO4/c1-5-9-17-12(3)14-8-7-13(19-4)10-15(14)21-11-16(18)20-6-2/h7-8,10,12,17H,5-6,9,11H2,1-4H3. The predicted molar refractivity (Wildman–Crippen MR) is 81.8 cm³/mol. The number of methoxy groups -OCH3 is 1. The summed E-state index contributed by atoms with van der Waals surface area (Å²) in [5.74, 6) is 0.958. The summed E-state index contributed by atoms with van der Waals surface area (Å²) in [6.07, 6.45) is 1.06. The van der Waals surface area contributed by atoms with Crippen LogP contribution >= 0.6 is 0 Å². The fraction of sp³-hybridized carbons (Fsp3) is 0.562. The van der Waals surface area contributed by atoms with Crippen LogP contribution in [0, 0.1) is 0 Å². The molecule has 5 nitrogen and oxygen atoms in total. The number of rotatable bonds is 9. The molecule has 0 aliphatic heterocycles. The summed E-state index contributed by atoms with van der Waals surface area (Å²) in [4.78, 5) is 11.4. The van der Waals surface area contributed by atoms with Gasteiger partial charge in [-0.1, -0.05) is 13.0 Å². The van der Waals surface area contributed by atoms with Crippen LogP contribution in [-0.4, -0.2) is 32.8 Å². The molecular weight excluding hydrogens is 270 g/mol. The Labute approximate surface area is 126 Å². The number of ether oxygens (including phenoxy) is 3. The average Bonchev–Trinajstić information content (AvgIpc) is 2.50. The summed E-state index contributed by atoms with van der Waals surface area (Å²) in [5.41, 5.74) is 0.994. The van der Waals surface area contributed by atoms with Crippen molar-refractivity contribution >= 4 is 5.97 Å². The van der Waals surface area contributed by atoms with Crippen LogP contribution in [0.15, 0.2) is 18.2 Å². The minimum atomic E-state index is -0.375. The van der Waals surface area contributed by atoms with Gasteiger partial charge in [0.2, 0.25) is 0 Å². The van der Waals surface area contributed by atoms with Gasteiger partial charge in [0.15, 0.2) is 6.61 Å². The van der Waals surface area contributed by atoms with Gasteiger partial charge in [-0.15, -0.1) is 0 Å². The molecule has 1 aromatic carbocycles. The normalized spacial score (nSPS) is 11.8. The van der Waals surface area contributed by atoms with Gasteiger partial charge < -0.3 is 19.5 Å². The van der Waals surface area contributed by atoms with Crippen molar-refractivity contribution in [3.05, 3.63) is 23.8 Å². The third-order valence-corrected chi connectivity index (χ3v) is 3.04. The molecule has 1 unspecified atom stereocenters. The highest BCUT2D eigenvalue weighted by Gasteiger charge is 2.14. The van der Waals surface area contributed by atoms with E-state index in [0.717, 1.165) is 18.5 Å². The van der Waals surface area contributed by atoms with Crippen LogP contribution in [0.2, 0.25) is 0 Å². The fourth-order valence-electron chi connectivity index (χ4n) is 1.93. The number of carbonyl (C=O) groups is 1. The van der Waals surface area contributed by atoms with Crippen LogP contribution in [0.1, 0.15) is 38.8 Å². The lowest BCUT2D eigenvalue weighted by atomic mass is 10.1. The zero-order chi connectivity index (χ0) is 15.7. The van der Waals surface area contributed by atoms with E-state index in [1.54, 1.807) is 20.1 Å². The van der Waals surface area contributed by atoms with Crippen molar-refractivity contribution in [2.45, 2.75) is 33.2 Å². The Bertz CT molecular complexity index is 448. The molecule has 0 spiro atoms. The smallest absolute Gasteiger partial charge is 0.344 e. The van der Waals surface area contributed by atoms with Crippen molar-refractivity contribution in [3.8, 4) is 11.5 Å². The lowest BCUT2D eigenvalue weighted by molar-refractivity contribution is -0.145. The van der Waals surface area contributed by atoms with Crippen LogP contribution in [0.5, 0.6) is 11.5 Å². The Morgan fingerprint density at radius 2 is 2.10 bits per heavy atom. The zero-order valence-electron chi connectivity index (χ0n) is 13.3. The number of esters is 1. The highest BCUT2D eigenvalue weighted by atomic mass is 16.6. The molecule has 0 aliphatic carbocycles. The number of hydrogen-bond donors (Lipinski definition) is 1. The molecule has 0 aromatic heterocycles. The molecule has 0 heterocycles. The quantitative estimate of drug-likeness (QED) is 0.710. The van der Waals surface area contributed by atoms with Crippen molar-refractivity contribution in [3.63, 3.8) is 0 Å². The summed E-state index contributed by atoms with van der Waals surface area (Å²) in [5, 5.41) is 3.40. The molecule has 0 saturated carbocycles. The van der Waals surface area contributed by atoms with Crippen molar-refractivity contribution in [1.82, 2.24) is 5.32 Å². The Kier molecular flexibility index (Phi) is 7.61. The van der Waals surface area contributed by atoms with Crippen LogP contribution in [-0.2, 0) is 9.53 Å². The molecule has 0 saturated heterocycles. The van der Waals surface area contributed by atoms with Gasteiger partial charge in [0.1, 0.15) is 11.5 Å². The highest BCUT2D eigenvalue weighted by molar-refractivity contribution is 5.71. The zero-order valence-corrected chi connectivity index (χ0v) is 13.3. The number of hydrogen-bond acceptors (Lipinski definition) is 5. The lowest BCUT2D eigenvalue weighted by Gasteiger charge is -2.18. The molecular formula is C16H25NO4. The van der Waals surface area contributed by atoms with Gasteiger partial charge >= 0.3 is 5.97 Å². The second-order valence-electron chi connectivity index (χ2n) is 4.67. The maximum absolute atomic E-state index is 11.4. The van der Waals surface area contributed by atoms with E-state index < -0.39 is 0 Å². The Morgan fingerprint density at radius 3 is 2.71 bits per heavy atom. The van der Waals surface area contributed by atoms with E-state index in [4.69, 9.17) is 14.2 Å². The molecule has 0 amide bonds. The first-order valence-electron chi connectivity index (χ1n) is 7.32. The summed E-state index contributed by atoms with van der Waals surface area (Å²) >= 11 is 0. The molecule has 1 N–H and O–H groups in total. The van der Waals surface area contributed by atoms with Gasteiger partial charge in [-0.25, -0.2) is 4.79 Å². The Morgan fingerprint density at radius 1 is 1.33 bits per heavy atom. The van der Waals surface area contributed by atoms with Crippen molar-refractivity contribution < 1.29 is 19.0 Å². The molecule has 118 valence electrons. The third kappa shape index (κ3) is 5.63. The van der Waals surface area contributed by atoms with Gasteiger partial charge in [-0.05, 0) is 32.9 Å². The number of carbonyl (C=O) groups excluding carboxylic acids is 1. The molecule has 0 radical (unpaired) electrons. The Balaban J connectivity index is 2.83. The summed E-state index contributed by atoms with van der Waals surface area (Å²) in [6, 6.07) is 5.76. The SMILES string of the molecule is CCCNC(C)c1ccc(OC)cc1OCC(=O)OCC. The van der Waals surface area contributed by atoms with Gasteiger partial charge in [0.25, 0.3) is 0 Å². The molecule has 0 aliphatic rings. The van der Waals surface area contributed by atoms with Crippen LogP contribution in [0.3, 0.4) is 0 Å². The van der Waals surface area contributed by atoms with E-state index in [2.05, 4.69) is 19.2 Å². The largest absolute Gasteiger partial charge is 0.497 e. The minimum absolute atomic E-state index is 0.103.